The normalized spacial score (nSPS) is 10.5. The van der Waals surface area contributed by atoms with Gasteiger partial charge in [-0.15, -0.1) is 0 Å². The number of nitro benzene ring substituents is 1. The maximum atomic E-state index is 12.8. The van der Waals surface area contributed by atoms with Crippen molar-refractivity contribution < 1.29 is 23.9 Å². The number of carbonyl (C=O) groups is 1. The van der Waals surface area contributed by atoms with Crippen LogP contribution < -0.4 is 19.5 Å². The molecule has 0 spiro atoms. The van der Waals surface area contributed by atoms with Gasteiger partial charge < -0.3 is 19.5 Å². The number of nitrogens with zero attached hydrogens (tertiary/aromatic N) is 3. The molecule has 0 fully saturated rings. The summed E-state index contributed by atoms with van der Waals surface area (Å²) in [5.74, 6) is 0.904. The molecule has 36 heavy (non-hydrogen) atoms. The molecule has 0 bridgehead atoms. The van der Waals surface area contributed by atoms with E-state index in [4.69, 9.17) is 25.8 Å². The number of halogens is 1. The quantitative estimate of drug-likeness (QED) is 0.223. The zero-order valence-corrected chi connectivity index (χ0v) is 20.1. The Labute approximate surface area is 211 Å². The molecule has 0 atom stereocenters. The van der Waals surface area contributed by atoms with Crippen molar-refractivity contribution in [3.8, 4) is 23.0 Å². The molecule has 1 N–H and O–H groups in total. The van der Waals surface area contributed by atoms with E-state index in [1.807, 2.05) is 13.0 Å². The summed E-state index contributed by atoms with van der Waals surface area (Å²) in [6, 6.07) is 17.7. The lowest BCUT2D eigenvalue weighted by molar-refractivity contribution is -0.384. The van der Waals surface area contributed by atoms with Gasteiger partial charge in [-0.25, -0.2) is 4.68 Å². The molecule has 0 saturated heterocycles. The number of aromatic nitrogens is 2. The van der Waals surface area contributed by atoms with E-state index in [-0.39, 0.29) is 29.5 Å². The molecule has 0 unspecified atom stereocenters. The summed E-state index contributed by atoms with van der Waals surface area (Å²) in [6.45, 7) is 1.95. The minimum Gasteiger partial charge on any atom is -0.493 e. The zero-order valence-electron chi connectivity index (χ0n) is 19.3. The van der Waals surface area contributed by atoms with Crippen LogP contribution in [0.2, 0.25) is 5.02 Å². The van der Waals surface area contributed by atoms with Crippen molar-refractivity contribution >= 4 is 28.9 Å². The van der Waals surface area contributed by atoms with Crippen LogP contribution in [0.25, 0.3) is 0 Å². The third kappa shape index (κ3) is 5.91. The molecule has 4 aromatic rings. The Morgan fingerprint density at radius 1 is 1.08 bits per heavy atom. The molecule has 1 heterocycles. The van der Waals surface area contributed by atoms with E-state index < -0.39 is 10.8 Å². The van der Waals surface area contributed by atoms with Crippen molar-refractivity contribution in [2.45, 2.75) is 13.7 Å². The molecule has 0 radical (unpaired) electrons. The highest BCUT2D eigenvalue weighted by molar-refractivity contribution is 6.32. The summed E-state index contributed by atoms with van der Waals surface area (Å²) in [4.78, 5) is 23.6. The minimum atomic E-state index is -0.576. The highest BCUT2D eigenvalue weighted by atomic mass is 35.5. The monoisotopic (exact) mass is 508 g/mol. The van der Waals surface area contributed by atoms with Gasteiger partial charge in [0.15, 0.2) is 23.9 Å². The molecular formula is C25H21ClN4O6. The summed E-state index contributed by atoms with van der Waals surface area (Å²) < 4.78 is 18.2. The topological polar surface area (TPSA) is 118 Å². The average Bonchev–Trinajstić information content (AvgIpc) is 3.34. The number of benzene rings is 3. The van der Waals surface area contributed by atoms with Crippen molar-refractivity contribution in [2.75, 3.05) is 12.4 Å². The molecule has 1 amide bonds. The van der Waals surface area contributed by atoms with Gasteiger partial charge in [0.1, 0.15) is 11.5 Å². The Balaban J connectivity index is 1.48. The Morgan fingerprint density at radius 2 is 1.86 bits per heavy atom. The first-order valence-corrected chi connectivity index (χ1v) is 11.0. The first kappa shape index (κ1) is 24.6. The first-order valence-electron chi connectivity index (χ1n) is 10.7. The van der Waals surface area contributed by atoms with Gasteiger partial charge in [0.05, 0.1) is 28.8 Å². The van der Waals surface area contributed by atoms with Crippen molar-refractivity contribution in [3.05, 3.63) is 99.3 Å². The largest absolute Gasteiger partial charge is 0.493 e. The number of carbonyl (C=O) groups excluding carboxylic acids is 1. The Hall–Kier alpha value is -4.57. The molecule has 4 rings (SSSR count). The number of nitrogens with one attached hydrogen (secondary N) is 1. The molecule has 0 saturated carbocycles. The van der Waals surface area contributed by atoms with Crippen LogP contribution in [0.15, 0.2) is 72.9 Å². The molecule has 0 aliphatic rings. The van der Waals surface area contributed by atoms with Gasteiger partial charge in [0.2, 0.25) is 0 Å². The maximum Gasteiger partial charge on any atom is 0.276 e. The SMILES string of the molecule is COc1ccccc1Oc1cc(NC(=O)c2ccn(COc3cc(C)ccc3Cl)n2)cc([N+](=O)[O-])c1. The van der Waals surface area contributed by atoms with Crippen LogP contribution >= 0.6 is 11.6 Å². The number of aryl methyl sites for hydroxylation is 1. The number of hydrogen-bond donors (Lipinski definition) is 1. The van der Waals surface area contributed by atoms with E-state index in [9.17, 15) is 14.9 Å². The lowest BCUT2D eigenvalue weighted by Gasteiger charge is -2.11. The number of para-hydroxylation sites is 2. The fourth-order valence-electron chi connectivity index (χ4n) is 3.26. The summed E-state index contributed by atoms with van der Waals surface area (Å²) in [5.41, 5.74) is 0.983. The van der Waals surface area contributed by atoms with Crippen molar-refractivity contribution in [1.82, 2.24) is 9.78 Å². The van der Waals surface area contributed by atoms with Crippen LogP contribution in [0.4, 0.5) is 11.4 Å². The average molecular weight is 509 g/mol. The standard InChI is InChI=1S/C25H21ClN4O6/c1-16-7-8-20(26)24(11-16)35-15-29-10-9-21(28-29)25(31)27-17-12-18(30(32)33)14-19(13-17)36-23-6-4-3-5-22(23)34-2/h3-14H,15H2,1-2H3,(H,27,31). The number of rotatable bonds is 9. The molecule has 0 aliphatic heterocycles. The van der Waals surface area contributed by atoms with Crippen molar-refractivity contribution in [2.24, 2.45) is 0 Å². The van der Waals surface area contributed by atoms with E-state index in [0.29, 0.717) is 22.3 Å². The number of non-ortho nitro benzene ring substituents is 1. The predicted molar refractivity (Wildman–Crippen MR) is 133 cm³/mol. The Morgan fingerprint density at radius 3 is 2.61 bits per heavy atom. The Kier molecular flexibility index (Phi) is 7.36. The molecule has 0 aliphatic carbocycles. The van der Waals surface area contributed by atoms with E-state index in [0.717, 1.165) is 5.56 Å². The number of ether oxygens (including phenoxy) is 3. The van der Waals surface area contributed by atoms with Crippen LogP contribution in [-0.2, 0) is 6.73 Å². The Bertz CT molecular complexity index is 1420. The van der Waals surface area contributed by atoms with Crippen LogP contribution in [-0.4, -0.2) is 27.7 Å². The van der Waals surface area contributed by atoms with Crippen LogP contribution in [0.5, 0.6) is 23.0 Å². The molecule has 184 valence electrons. The van der Waals surface area contributed by atoms with Crippen LogP contribution in [0.1, 0.15) is 16.1 Å². The summed E-state index contributed by atoms with van der Waals surface area (Å²) >= 11 is 6.14. The number of hydrogen-bond acceptors (Lipinski definition) is 7. The fourth-order valence-corrected chi connectivity index (χ4v) is 3.43. The van der Waals surface area contributed by atoms with Crippen molar-refractivity contribution in [1.29, 1.82) is 0 Å². The van der Waals surface area contributed by atoms with Gasteiger partial charge in [0, 0.05) is 18.3 Å². The first-order chi connectivity index (χ1) is 17.3. The second-order valence-electron chi connectivity index (χ2n) is 7.63. The van der Waals surface area contributed by atoms with Gasteiger partial charge in [-0.2, -0.15) is 5.10 Å². The molecular weight excluding hydrogens is 488 g/mol. The molecule has 1 aromatic heterocycles. The number of methoxy groups -OCH3 is 1. The number of anilines is 1. The molecule has 3 aromatic carbocycles. The van der Waals surface area contributed by atoms with E-state index in [2.05, 4.69) is 10.4 Å². The summed E-state index contributed by atoms with van der Waals surface area (Å²) in [6.07, 6.45) is 1.57. The molecule has 11 heteroatoms. The smallest absolute Gasteiger partial charge is 0.276 e. The second kappa shape index (κ2) is 10.8. The summed E-state index contributed by atoms with van der Waals surface area (Å²) in [5, 5.41) is 18.7. The van der Waals surface area contributed by atoms with E-state index in [1.54, 1.807) is 42.6 Å². The van der Waals surface area contributed by atoms with Gasteiger partial charge in [-0.3, -0.25) is 14.9 Å². The third-order valence-corrected chi connectivity index (χ3v) is 5.28. The summed E-state index contributed by atoms with van der Waals surface area (Å²) in [7, 11) is 1.49. The lowest BCUT2D eigenvalue weighted by Crippen LogP contribution is -2.14. The zero-order chi connectivity index (χ0) is 25.7. The van der Waals surface area contributed by atoms with Gasteiger partial charge in [-0.05, 0) is 42.8 Å². The highest BCUT2D eigenvalue weighted by Gasteiger charge is 2.16. The predicted octanol–water partition coefficient (Wildman–Crippen LogP) is 5.84. The van der Waals surface area contributed by atoms with Gasteiger partial charge in [-0.1, -0.05) is 29.8 Å². The second-order valence-corrected chi connectivity index (χ2v) is 8.03. The van der Waals surface area contributed by atoms with Crippen LogP contribution in [0.3, 0.4) is 0 Å². The number of amides is 1. The highest BCUT2D eigenvalue weighted by Crippen LogP contribution is 2.34. The fraction of sp³-hybridized carbons (Fsp3) is 0.120. The van der Waals surface area contributed by atoms with E-state index in [1.165, 1.54) is 36.1 Å². The minimum absolute atomic E-state index is 0.0319. The van der Waals surface area contributed by atoms with Crippen molar-refractivity contribution in [3.63, 3.8) is 0 Å². The lowest BCUT2D eigenvalue weighted by atomic mass is 10.2. The van der Waals surface area contributed by atoms with Crippen LogP contribution in [0, 0.1) is 17.0 Å². The third-order valence-electron chi connectivity index (χ3n) is 4.97. The van der Waals surface area contributed by atoms with Gasteiger partial charge >= 0.3 is 0 Å². The van der Waals surface area contributed by atoms with E-state index >= 15 is 0 Å². The van der Waals surface area contributed by atoms with Gasteiger partial charge in [0.25, 0.3) is 11.6 Å². The molecule has 10 nitrogen and oxygen atoms in total. The maximum absolute atomic E-state index is 12.8. The number of nitro groups is 1.